The smallest absolute Gasteiger partial charge is 0.310 e. The van der Waals surface area contributed by atoms with Gasteiger partial charge in [-0.25, -0.2) is 0 Å². The Morgan fingerprint density at radius 2 is 2.32 bits per heavy atom. The molecule has 1 aliphatic rings. The number of carbonyl (C=O) groups is 1. The summed E-state index contributed by atoms with van der Waals surface area (Å²) in [5.74, 6) is 0.383. The number of hydrogen-bond donors (Lipinski definition) is 0. The molecule has 0 radical (unpaired) electrons. The molecule has 1 fully saturated rings. The number of rotatable bonds is 7. The standard InChI is InChI=1S/C17H24O4S/c1-3-16(18)21-14-7-6-8-15(11-14)22-13(2)12-20-17-9-4-5-10-19-17/h6-8,11,13,17H,3-5,9-10,12H2,1-2H3. The molecule has 0 spiro atoms. The van der Waals surface area contributed by atoms with Gasteiger partial charge in [0.1, 0.15) is 5.75 Å². The van der Waals surface area contributed by atoms with Gasteiger partial charge in [-0.05, 0) is 37.5 Å². The van der Waals surface area contributed by atoms with Gasteiger partial charge in [-0.1, -0.05) is 19.9 Å². The first-order valence-electron chi connectivity index (χ1n) is 7.88. The van der Waals surface area contributed by atoms with Crippen LogP contribution < -0.4 is 4.74 Å². The summed E-state index contributed by atoms with van der Waals surface area (Å²) in [4.78, 5) is 12.4. The SMILES string of the molecule is CCC(=O)Oc1cccc(SC(C)COC2CCCCO2)c1. The molecule has 1 aromatic rings. The van der Waals surface area contributed by atoms with Crippen molar-refractivity contribution in [3.63, 3.8) is 0 Å². The first-order chi connectivity index (χ1) is 10.7. The fourth-order valence-electron chi connectivity index (χ4n) is 2.17. The van der Waals surface area contributed by atoms with Crippen LogP contribution in [0.1, 0.15) is 39.5 Å². The van der Waals surface area contributed by atoms with E-state index in [9.17, 15) is 4.79 Å². The van der Waals surface area contributed by atoms with Crippen molar-refractivity contribution in [1.29, 1.82) is 0 Å². The molecule has 0 aliphatic carbocycles. The lowest BCUT2D eigenvalue weighted by atomic mass is 10.2. The van der Waals surface area contributed by atoms with E-state index >= 15 is 0 Å². The fourth-order valence-corrected chi connectivity index (χ4v) is 3.12. The minimum absolute atomic E-state index is 0.0476. The molecular formula is C17H24O4S. The Kier molecular flexibility index (Phi) is 7.22. The van der Waals surface area contributed by atoms with Crippen molar-refractivity contribution in [2.24, 2.45) is 0 Å². The number of esters is 1. The zero-order chi connectivity index (χ0) is 15.8. The van der Waals surface area contributed by atoms with E-state index in [1.54, 1.807) is 24.8 Å². The van der Waals surface area contributed by atoms with Crippen molar-refractivity contribution in [3.05, 3.63) is 24.3 Å². The minimum atomic E-state index is -0.215. The molecule has 122 valence electrons. The predicted molar refractivity (Wildman–Crippen MR) is 87.2 cm³/mol. The molecule has 5 heteroatoms. The minimum Gasteiger partial charge on any atom is -0.426 e. The highest BCUT2D eigenvalue weighted by molar-refractivity contribution is 8.00. The van der Waals surface area contributed by atoms with E-state index in [1.165, 1.54) is 6.42 Å². The fraction of sp³-hybridized carbons (Fsp3) is 0.588. The van der Waals surface area contributed by atoms with Crippen LogP contribution in [0.15, 0.2) is 29.2 Å². The summed E-state index contributed by atoms with van der Waals surface area (Å²) in [5, 5.41) is 0.308. The Morgan fingerprint density at radius 1 is 1.45 bits per heavy atom. The Hall–Kier alpha value is -1.04. The Labute approximate surface area is 136 Å². The van der Waals surface area contributed by atoms with Crippen molar-refractivity contribution in [2.75, 3.05) is 13.2 Å². The van der Waals surface area contributed by atoms with Gasteiger partial charge in [-0.15, -0.1) is 11.8 Å². The highest BCUT2D eigenvalue weighted by Crippen LogP contribution is 2.27. The molecule has 0 amide bonds. The van der Waals surface area contributed by atoms with Crippen LogP contribution in [0.3, 0.4) is 0 Å². The first kappa shape index (κ1) is 17.3. The van der Waals surface area contributed by atoms with E-state index < -0.39 is 0 Å². The first-order valence-corrected chi connectivity index (χ1v) is 8.76. The molecule has 1 saturated heterocycles. The van der Waals surface area contributed by atoms with E-state index in [2.05, 4.69) is 6.92 Å². The van der Waals surface area contributed by atoms with Crippen LogP contribution >= 0.6 is 11.8 Å². The van der Waals surface area contributed by atoms with Crippen molar-refractivity contribution in [2.45, 2.75) is 56.0 Å². The third-order valence-electron chi connectivity index (χ3n) is 3.32. The molecule has 2 unspecified atom stereocenters. The summed E-state index contributed by atoms with van der Waals surface area (Å²) in [6, 6.07) is 7.61. The van der Waals surface area contributed by atoms with Gasteiger partial charge in [0, 0.05) is 23.2 Å². The van der Waals surface area contributed by atoms with Crippen LogP contribution in [-0.4, -0.2) is 30.7 Å². The molecule has 1 heterocycles. The van der Waals surface area contributed by atoms with Crippen LogP contribution in [0.4, 0.5) is 0 Å². The van der Waals surface area contributed by atoms with Gasteiger partial charge in [-0.2, -0.15) is 0 Å². The van der Waals surface area contributed by atoms with Crippen LogP contribution in [0.25, 0.3) is 0 Å². The molecule has 2 rings (SSSR count). The number of carbonyl (C=O) groups excluding carboxylic acids is 1. The predicted octanol–water partition coefficient (Wildman–Crippen LogP) is 4.03. The molecule has 0 saturated carbocycles. The van der Waals surface area contributed by atoms with Gasteiger partial charge in [0.25, 0.3) is 0 Å². The van der Waals surface area contributed by atoms with Gasteiger partial charge in [-0.3, -0.25) is 4.79 Å². The normalized spacial score (nSPS) is 19.6. The summed E-state index contributed by atoms with van der Waals surface area (Å²) >= 11 is 1.71. The Balaban J connectivity index is 1.79. The molecule has 0 aromatic heterocycles. The molecular weight excluding hydrogens is 300 g/mol. The number of benzene rings is 1. The van der Waals surface area contributed by atoms with Gasteiger partial charge in [0.2, 0.25) is 0 Å². The maximum absolute atomic E-state index is 11.3. The number of ether oxygens (including phenoxy) is 3. The van der Waals surface area contributed by atoms with Gasteiger partial charge < -0.3 is 14.2 Å². The highest BCUT2D eigenvalue weighted by atomic mass is 32.2. The zero-order valence-corrected chi connectivity index (χ0v) is 14.1. The zero-order valence-electron chi connectivity index (χ0n) is 13.2. The average molecular weight is 324 g/mol. The van der Waals surface area contributed by atoms with E-state index in [1.807, 2.05) is 18.2 Å². The maximum Gasteiger partial charge on any atom is 0.310 e. The second-order valence-corrected chi connectivity index (χ2v) is 6.87. The summed E-state index contributed by atoms with van der Waals surface area (Å²) < 4.78 is 16.6. The Bertz CT molecular complexity index is 471. The second kappa shape index (κ2) is 9.18. The van der Waals surface area contributed by atoms with E-state index in [4.69, 9.17) is 14.2 Å². The van der Waals surface area contributed by atoms with Crippen molar-refractivity contribution >= 4 is 17.7 Å². The monoisotopic (exact) mass is 324 g/mol. The average Bonchev–Trinajstić information content (AvgIpc) is 2.54. The van der Waals surface area contributed by atoms with Crippen LogP contribution in [0.2, 0.25) is 0 Å². The summed E-state index contributed by atoms with van der Waals surface area (Å²) in [6.45, 7) is 5.36. The molecule has 0 N–H and O–H groups in total. The van der Waals surface area contributed by atoms with Crippen LogP contribution in [0.5, 0.6) is 5.75 Å². The lowest BCUT2D eigenvalue weighted by molar-refractivity contribution is -0.161. The summed E-state index contributed by atoms with van der Waals surface area (Å²) in [6.07, 6.45) is 3.63. The van der Waals surface area contributed by atoms with E-state index in [-0.39, 0.29) is 12.3 Å². The van der Waals surface area contributed by atoms with Crippen LogP contribution in [-0.2, 0) is 14.3 Å². The Morgan fingerprint density at radius 3 is 3.05 bits per heavy atom. The molecule has 22 heavy (non-hydrogen) atoms. The lowest BCUT2D eigenvalue weighted by Gasteiger charge is -2.24. The largest absolute Gasteiger partial charge is 0.426 e. The van der Waals surface area contributed by atoms with E-state index in [0.717, 1.165) is 24.3 Å². The van der Waals surface area contributed by atoms with Gasteiger partial charge in [0.05, 0.1) is 6.61 Å². The van der Waals surface area contributed by atoms with Gasteiger partial charge in [0.15, 0.2) is 6.29 Å². The summed E-state index contributed by atoms with van der Waals surface area (Å²) in [5.41, 5.74) is 0. The second-order valence-electron chi connectivity index (χ2n) is 5.36. The lowest BCUT2D eigenvalue weighted by Crippen LogP contribution is -2.25. The van der Waals surface area contributed by atoms with Gasteiger partial charge >= 0.3 is 5.97 Å². The maximum atomic E-state index is 11.3. The molecule has 2 atom stereocenters. The molecule has 1 aromatic carbocycles. The summed E-state index contributed by atoms with van der Waals surface area (Å²) in [7, 11) is 0. The van der Waals surface area contributed by atoms with Crippen molar-refractivity contribution in [1.82, 2.24) is 0 Å². The quantitative estimate of drug-likeness (QED) is 0.430. The number of hydrogen-bond acceptors (Lipinski definition) is 5. The third-order valence-corrected chi connectivity index (χ3v) is 4.38. The van der Waals surface area contributed by atoms with Crippen molar-refractivity contribution < 1.29 is 19.0 Å². The topological polar surface area (TPSA) is 44.8 Å². The highest BCUT2D eigenvalue weighted by Gasteiger charge is 2.16. The molecule has 1 aliphatic heterocycles. The molecule has 4 nitrogen and oxygen atoms in total. The van der Waals surface area contributed by atoms with E-state index in [0.29, 0.717) is 24.0 Å². The molecule has 0 bridgehead atoms. The number of thioether (sulfide) groups is 1. The van der Waals surface area contributed by atoms with Crippen molar-refractivity contribution in [3.8, 4) is 5.75 Å². The third kappa shape index (κ3) is 5.99. The van der Waals surface area contributed by atoms with Crippen LogP contribution in [0, 0.1) is 0 Å².